The number of hydrogen-bond acceptors (Lipinski definition) is 4. The van der Waals surface area contributed by atoms with Gasteiger partial charge in [-0.1, -0.05) is 19.1 Å². The Hall–Kier alpha value is -1.75. The van der Waals surface area contributed by atoms with Crippen LogP contribution in [0.15, 0.2) is 18.2 Å². The third-order valence-electron chi connectivity index (χ3n) is 2.93. The molecule has 0 bridgehead atoms. The highest BCUT2D eigenvalue weighted by molar-refractivity contribution is 5.77. The number of phenols is 2. The Labute approximate surface area is 106 Å². The predicted octanol–water partition coefficient (Wildman–Crippen LogP) is 1.47. The summed E-state index contributed by atoms with van der Waals surface area (Å²) >= 11 is 0. The molecule has 0 radical (unpaired) electrons. The van der Waals surface area contributed by atoms with E-state index in [4.69, 9.17) is 10.8 Å². The van der Waals surface area contributed by atoms with Gasteiger partial charge in [0.05, 0.1) is 0 Å². The van der Waals surface area contributed by atoms with Crippen molar-refractivity contribution < 1.29 is 20.1 Å². The van der Waals surface area contributed by atoms with Gasteiger partial charge < -0.3 is 21.1 Å². The Bertz CT molecular complexity index is 443. The summed E-state index contributed by atoms with van der Waals surface area (Å²) in [6, 6.07) is 4.73. The smallest absolute Gasteiger partial charge is 0.323 e. The maximum absolute atomic E-state index is 10.9. The van der Waals surface area contributed by atoms with Crippen LogP contribution >= 0.6 is 0 Å². The van der Waals surface area contributed by atoms with Gasteiger partial charge in [0.25, 0.3) is 0 Å². The average molecular weight is 253 g/mol. The summed E-state index contributed by atoms with van der Waals surface area (Å²) in [5.74, 6) is -1.40. The monoisotopic (exact) mass is 253 g/mol. The number of hydrogen-bond donors (Lipinski definition) is 4. The second kappa shape index (κ2) is 5.27. The first-order chi connectivity index (χ1) is 8.24. The van der Waals surface area contributed by atoms with E-state index < -0.39 is 11.5 Å². The Morgan fingerprint density at radius 2 is 2.06 bits per heavy atom. The topological polar surface area (TPSA) is 104 Å². The molecule has 0 heterocycles. The van der Waals surface area contributed by atoms with Crippen LogP contribution in [0.25, 0.3) is 0 Å². The average Bonchev–Trinajstić information content (AvgIpc) is 2.23. The highest BCUT2D eigenvalue weighted by atomic mass is 16.4. The molecule has 100 valence electrons. The third-order valence-corrected chi connectivity index (χ3v) is 2.93. The molecule has 2 atom stereocenters. The van der Waals surface area contributed by atoms with E-state index in [0.29, 0.717) is 12.0 Å². The van der Waals surface area contributed by atoms with E-state index in [2.05, 4.69) is 0 Å². The molecule has 18 heavy (non-hydrogen) atoms. The first kappa shape index (κ1) is 14.3. The molecule has 1 aromatic rings. The summed E-state index contributed by atoms with van der Waals surface area (Å²) in [7, 11) is 0. The predicted molar refractivity (Wildman–Crippen MR) is 67.5 cm³/mol. The summed E-state index contributed by atoms with van der Waals surface area (Å²) in [5, 5.41) is 28.0. The van der Waals surface area contributed by atoms with E-state index in [1.54, 1.807) is 12.1 Å². The number of carbonyl (C=O) groups is 1. The van der Waals surface area contributed by atoms with E-state index >= 15 is 0 Å². The van der Waals surface area contributed by atoms with Gasteiger partial charge in [-0.25, -0.2) is 0 Å². The van der Waals surface area contributed by atoms with Crippen LogP contribution in [0, 0.1) is 5.92 Å². The highest BCUT2D eigenvalue weighted by Crippen LogP contribution is 2.31. The van der Waals surface area contributed by atoms with Crippen LogP contribution in [0.1, 0.15) is 25.8 Å². The summed E-state index contributed by atoms with van der Waals surface area (Å²) in [4.78, 5) is 10.9. The zero-order valence-electron chi connectivity index (χ0n) is 10.6. The van der Waals surface area contributed by atoms with E-state index in [1.807, 2.05) is 6.92 Å². The molecule has 0 saturated carbocycles. The summed E-state index contributed by atoms with van der Waals surface area (Å²) < 4.78 is 0. The van der Waals surface area contributed by atoms with Gasteiger partial charge in [0.2, 0.25) is 0 Å². The normalized spacial score (nSPS) is 15.9. The van der Waals surface area contributed by atoms with Gasteiger partial charge in [0.15, 0.2) is 11.5 Å². The zero-order chi connectivity index (χ0) is 13.9. The molecular formula is C13H19NO4. The highest BCUT2D eigenvalue weighted by Gasteiger charge is 2.30. The Balaban J connectivity index is 2.74. The number of carboxylic acids is 1. The number of aliphatic carboxylic acids is 1. The van der Waals surface area contributed by atoms with Crippen LogP contribution in [0.4, 0.5) is 0 Å². The molecule has 0 amide bonds. The third kappa shape index (κ3) is 3.37. The molecular weight excluding hydrogens is 234 g/mol. The van der Waals surface area contributed by atoms with Crippen LogP contribution in [0.2, 0.25) is 0 Å². The minimum Gasteiger partial charge on any atom is -0.504 e. The summed E-state index contributed by atoms with van der Waals surface area (Å²) in [5.41, 5.74) is 4.97. The van der Waals surface area contributed by atoms with Crippen molar-refractivity contribution in [2.75, 3.05) is 0 Å². The number of rotatable bonds is 5. The van der Waals surface area contributed by atoms with Gasteiger partial charge in [-0.15, -0.1) is 0 Å². The van der Waals surface area contributed by atoms with Crippen molar-refractivity contribution in [3.63, 3.8) is 0 Å². The van der Waals surface area contributed by atoms with Gasteiger partial charge in [-0.05, 0) is 37.3 Å². The van der Waals surface area contributed by atoms with Crippen molar-refractivity contribution in [1.29, 1.82) is 0 Å². The Morgan fingerprint density at radius 1 is 1.44 bits per heavy atom. The van der Waals surface area contributed by atoms with Crippen molar-refractivity contribution >= 4 is 5.97 Å². The van der Waals surface area contributed by atoms with E-state index in [1.165, 1.54) is 13.0 Å². The van der Waals surface area contributed by atoms with Crippen molar-refractivity contribution in [2.24, 2.45) is 11.7 Å². The number of aromatic hydroxyl groups is 2. The number of para-hydroxylation sites is 1. The SMILES string of the molecule is CC(Cc1cccc(O)c1O)CC(C)(N)C(=O)O. The number of benzene rings is 1. The second-order valence-electron chi connectivity index (χ2n) is 5.02. The zero-order valence-corrected chi connectivity index (χ0v) is 10.6. The van der Waals surface area contributed by atoms with Crippen LogP contribution in [-0.4, -0.2) is 26.8 Å². The molecule has 0 aromatic heterocycles. The van der Waals surface area contributed by atoms with Gasteiger partial charge in [-0.2, -0.15) is 0 Å². The molecule has 5 N–H and O–H groups in total. The van der Waals surface area contributed by atoms with Crippen LogP contribution < -0.4 is 5.73 Å². The summed E-state index contributed by atoms with van der Waals surface area (Å²) in [6.45, 7) is 3.33. The number of carboxylic acid groups (broad SMARTS) is 1. The largest absolute Gasteiger partial charge is 0.504 e. The standard InChI is InChI=1S/C13H19NO4/c1-8(7-13(2,14)12(17)18)6-9-4-3-5-10(15)11(9)16/h3-5,8,15-16H,6-7,14H2,1-2H3,(H,17,18). The molecule has 1 aromatic carbocycles. The van der Waals surface area contributed by atoms with Gasteiger partial charge in [0.1, 0.15) is 5.54 Å². The van der Waals surface area contributed by atoms with Crippen molar-refractivity contribution in [1.82, 2.24) is 0 Å². The number of nitrogens with two attached hydrogens (primary N) is 1. The first-order valence-corrected chi connectivity index (χ1v) is 5.76. The molecule has 1 rings (SSSR count). The first-order valence-electron chi connectivity index (χ1n) is 5.76. The van der Waals surface area contributed by atoms with Gasteiger partial charge in [-0.3, -0.25) is 4.79 Å². The minimum absolute atomic E-state index is 0.0243. The molecule has 2 unspecified atom stereocenters. The Morgan fingerprint density at radius 3 is 2.61 bits per heavy atom. The molecule has 5 heteroatoms. The van der Waals surface area contributed by atoms with E-state index in [9.17, 15) is 15.0 Å². The maximum atomic E-state index is 10.9. The maximum Gasteiger partial charge on any atom is 0.323 e. The van der Waals surface area contributed by atoms with Crippen molar-refractivity contribution in [2.45, 2.75) is 32.2 Å². The van der Waals surface area contributed by atoms with Crippen molar-refractivity contribution in [3.05, 3.63) is 23.8 Å². The van der Waals surface area contributed by atoms with E-state index in [-0.39, 0.29) is 23.8 Å². The van der Waals surface area contributed by atoms with Gasteiger partial charge >= 0.3 is 5.97 Å². The lowest BCUT2D eigenvalue weighted by atomic mass is 9.87. The molecule has 0 aliphatic rings. The van der Waals surface area contributed by atoms with Gasteiger partial charge in [0, 0.05) is 0 Å². The lowest BCUT2D eigenvalue weighted by Gasteiger charge is -2.23. The second-order valence-corrected chi connectivity index (χ2v) is 5.02. The van der Waals surface area contributed by atoms with Crippen LogP contribution in [0.3, 0.4) is 0 Å². The van der Waals surface area contributed by atoms with Crippen LogP contribution in [0.5, 0.6) is 11.5 Å². The molecule has 0 saturated heterocycles. The van der Waals surface area contributed by atoms with E-state index in [0.717, 1.165) is 0 Å². The Kier molecular flexibility index (Phi) is 4.19. The fourth-order valence-corrected chi connectivity index (χ4v) is 2.00. The molecule has 0 fully saturated rings. The molecule has 0 aliphatic carbocycles. The quantitative estimate of drug-likeness (QED) is 0.595. The summed E-state index contributed by atoms with van der Waals surface area (Å²) in [6.07, 6.45) is 0.748. The fraction of sp³-hybridized carbons (Fsp3) is 0.462. The lowest BCUT2D eigenvalue weighted by Crippen LogP contribution is -2.46. The van der Waals surface area contributed by atoms with Crippen molar-refractivity contribution in [3.8, 4) is 11.5 Å². The van der Waals surface area contributed by atoms with Crippen LogP contribution in [-0.2, 0) is 11.2 Å². The lowest BCUT2D eigenvalue weighted by molar-refractivity contribution is -0.143. The number of phenolic OH excluding ortho intramolecular Hbond substituents is 2. The molecule has 5 nitrogen and oxygen atoms in total. The fourth-order valence-electron chi connectivity index (χ4n) is 2.00. The molecule has 0 spiro atoms. The molecule has 0 aliphatic heterocycles. The minimum atomic E-state index is -1.29.